The molecule has 0 aliphatic heterocycles. The number of aromatic nitrogens is 4. The number of tetrazole rings is 1. The van der Waals surface area contributed by atoms with Gasteiger partial charge in [-0.2, -0.15) is 4.80 Å². The van der Waals surface area contributed by atoms with Crippen LogP contribution in [0.4, 0.5) is 5.69 Å². The predicted molar refractivity (Wildman–Crippen MR) is 100 cm³/mol. The monoisotopic (exact) mass is 367 g/mol. The molecule has 0 saturated heterocycles. The van der Waals surface area contributed by atoms with Crippen molar-refractivity contribution in [1.29, 1.82) is 0 Å². The Morgan fingerprint density at radius 2 is 2.00 bits per heavy atom. The number of nitrogens with zero attached hydrogens (tertiary/aromatic N) is 4. The van der Waals surface area contributed by atoms with Crippen molar-refractivity contribution in [2.75, 3.05) is 11.9 Å². The molecule has 0 aliphatic rings. The highest BCUT2D eigenvalue weighted by atomic mass is 16.5. The summed E-state index contributed by atoms with van der Waals surface area (Å²) >= 11 is 0. The van der Waals surface area contributed by atoms with Crippen molar-refractivity contribution in [3.8, 4) is 22.9 Å². The number of anilines is 1. The first-order chi connectivity index (χ1) is 13.0. The summed E-state index contributed by atoms with van der Waals surface area (Å²) < 4.78 is 5.65. The molecule has 3 aromatic rings. The van der Waals surface area contributed by atoms with Crippen molar-refractivity contribution in [3.63, 3.8) is 0 Å². The summed E-state index contributed by atoms with van der Waals surface area (Å²) in [6.45, 7) is 4.75. The van der Waals surface area contributed by atoms with Crippen LogP contribution in [0.1, 0.15) is 13.8 Å². The molecule has 1 aromatic heterocycles. The molecule has 0 atom stereocenters. The number of hydrogen-bond acceptors (Lipinski definition) is 6. The molecular formula is C19H21N5O3. The lowest BCUT2D eigenvalue weighted by Crippen LogP contribution is -2.20. The molecule has 8 heteroatoms. The van der Waals surface area contributed by atoms with Gasteiger partial charge in [-0.25, -0.2) is 0 Å². The normalized spacial score (nSPS) is 10.8. The van der Waals surface area contributed by atoms with Gasteiger partial charge < -0.3 is 15.2 Å². The summed E-state index contributed by atoms with van der Waals surface area (Å²) in [6.07, 6.45) is 0. The minimum atomic E-state index is -0.318. The molecule has 1 amide bonds. The van der Waals surface area contributed by atoms with Crippen LogP contribution in [0.25, 0.3) is 11.4 Å². The quantitative estimate of drug-likeness (QED) is 0.666. The van der Waals surface area contributed by atoms with Crippen LogP contribution >= 0.6 is 0 Å². The van der Waals surface area contributed by atoms with E-state index in [2.05, 4.69) is 34.6 Å². The van der Waals surface area contributed by atoms with Gasteiger partial charge in [-0.15, -0.1) is 10.2 Å². The maximum Gasteiger partial charge on any atom is 0.248 e. The fourth-order valence-electron chi connectivity index (χ4n) is 2.30. The first-order valence-corrected chi connectivity index (χ1v) is 8.59. The van der Waals surface area contributed by atoms with Gasteiger partial charge in [0.05, 0.1) is 6.61 Å². The first-order valence-electron chi connectivity index (χ1n) is 8.59. The Bertz CT molecular complexity index is 906. The van der Waals surface area contributed by atoms with Crippen LogP contribution in [0.3, 0.4) is 0 Å². The lowest BCUT2D eigenvalue weighted by atomic mass is 10.2. The molecule has 8 nitrogen and oxygen atoms in total. The topological polar surface area (TPSA) is 102 Å². The van der Waals surface area contributed by atoms with Gasteiger partial charge in [0, 0.05) is 17.3 Å². The van der Waals surface area contributed by atoms with Crippen LogP contribution < -0.4 is 10.1 Å². The SMILES string of the molecule is CC(C)COc1ccc(-c2nnn(CC(=O)Nc3cccc(O)c3)n2)cc1. The predicted octanol–water partition coefficient (Wildman–Crippen LogP) is 2.72. The zero-order valence-corrected chi connectivity index (χ0v) is 15.2. The zero-order chi connectivity index (χ0) is 19.2. The number of phenols is 1. The third-order valence-corrected chi connectivity index (χ3v) is 3.56. The van der Waals surface area contributed by atoms with Crippen molar-refractivity contribution >= 4 is 11.6 Å². The lowest BCUT2D eigenvalue weighted by molar-refractivity contribution is -0.117. The number of rotatable bonds is 7. The Labute approximate surface area is 156 Å². The summed E-state index contributed by atoms with van der Waals surface area (Å²) in [6, 6.07) is 13.7. The largest absolute Gasteiger partial charge is 0.508 e. The Morgan fingerprint density at radius 1 is 1.22 bits per heavy atom. The second kappa shape index (κ2) is 8.31. The van der Waals surface area contributed by atoms with Crippen molar-refractivity contribution < 1.29 is 14.6 Å². The number of carbonyl (C=O) groups is 1. The number of carbonyl (C=O) groups excluding carboxylic acids is 1. The Hall–Kier alpha value is -3.42. The summed E-state index contributed by atoms with van der Waals surface area (Å²) in [5, 5.41) is 24.2. The summed E-state index contributed by atoms with van der Waals surface area (Å²) in [5.74, 6) is 1.43. The van der Waals surface area contributed by atoms with Gasteiger partial charge in [0.25, 0.3) is 0 Å². The van der Waals surface area contributed by atoms with Crippen LogP contribution in [-0.4, -0.2) is 37.8 Å². The van der Waals surface area contributed by atoms with E-state index in [-0.39, 0.29) is 18.2 Å². The molecule has 0 aliphatic carbocycles. The number of hydrogen-bond donors (Lipinski definition) is 2. The highest BCUT2D eigenvalue weighted by Gasteiger charge is 2.10. The molecule has 1 heterocycles. The van der Waals surface area contributed by atoms with E-state index < -0.39 is 0 Å². The van der Waals surface area contributed by atoms with Gasteiger partial charge in [-0.1, -0.05) is 19.9 Å². The fraction of sp³-hybridized carbons (Fsp3) is 0.263. The Morgan fingerprint density at radius 3 is 2.70 bits per heavy atom. The third kappa shape index (κ3) is 5.27. The maximum atomic E-state index is 12.1. The first kappa shape index (κ1) is 18.4. The van der Waals surface area contributed by atoms with Gasteiger partial charge in [0.2, 0.25) is 11.7 Å². The van der Waals surface area contributed by atoms with Crippen LogP contribution in [0.15, 0.2) is 48.5 Å². The van der Waals surface area contributed by atoms with Crippen LogP contribution in [0.5, 0.6) is 11.5 Å². The van der Waals surface area contributed by atoms with Gasteiger partial charge in [0.15, 0.2) is 0 Å². The highest BCUT2D eigenvalue weighted by Crippen LogP contribution is 2.19. The van der Waals surface area contributed by atoms with Crippen molar-refractivity contribution in [3.05, 3.63) is 48.5 Å². The third-order valence-electron chi connectivity index (χ3n) is 3.56. The number of amides is 1. The van der Waals surface area contributed by atoms with Gasteiger partial charge in [0.1, 0.15) is 18.0 Å². The van der Waals surface area contributed by atoms with Gasteiger partial charge >= 0.3 is 0 Å². The molecule has 0 unspecified atom stereocenters. The molecule has 0 radical (unpaired) electrons. The molecule has 2 aromatic carbocycles. The smallest absolute Gasteiger partial charge is 0.248 e. The fourth-order valence-corrected chi connectivity index (χ4v) is 2.30. The van der Waals surface area contributed by atoms with Gasteiger partial charge in [-0.3, -0.25) is 4.79 Å². The number of phenolic OH excluding ortho intramolecular Hbond substituents is 1. The Balaban J connectivity index is 1.60. The molecule has 3 rings (SSSR count). The zero-order valence-electron chi connectivity index (χ0n) is 15.2. The van der Waals surface area contributed by atoms with Crippen molar-refractivity contribution in [2.24, 2.45) is 5.92 Å². The maximum absolute atomic E-state index is 12.1. The number of aromatic hydroxyl groups is 1. The summed E-state index contributed by atoms with van der Waals surface area (Å²) in [7, 11) is 0. The van der Waals surface area contributed by atoms with Crippen LogP contribution in [0, 0.1) is 5.92 Å². The second-order valence-corrected chi connectivity index (χ2v) is 6.47. The molecule has 0 fully saturated rings. The second-order valence-electron chi connectivity index (χ2n) is 6.47. The average Bonchev–Trinajstić information content (AvgIpc) is 3.08. The van der Waals surface area contributed by atoms with Crippen molar-refractivity contribution in [1.82, 2.24) is 20.2 Å². The van der Waals surface area contributed by atoms with E-state index in [1.165, 1.54) is 16.9 Å². The number of ether oxygens (including phenoxy) is 1. The standard InChI is InChI=1S/C19H21N5O3/c1-13(2)12-27-17-8-6-14(7-9-17)19-21-23-24(22-19)11-18(26)20-15-4-3-5-16(25)10-15/h3-10,13,25H,11-12H2,1-2H3,(H,20,26). The molecule has 0 bridgehead atoms. The molecule has 27 heavy (non-hydrogen) atoms. The van der Waals surface area contributed by atoms with Crippen molar-refractivity contribution in [2.45, 2.75) is 20.4 Å². The van der Waals surface area contributed by atoms with Gasteiger partial charge in [-0.05, 0) is 47.5 Å². The minimum absolute atomic E-state index is 0.0785. The minimum Gasteiger partial charge on any atom is -0.508 e. The van der Waals surface area contributed by atoms with Crippen LogP contribution in [-0.2, 0) is 11.3 Å². The van der Waals surface area contributed by atoms with E-state index in [4.69, 9.17) is 4.74 Å². The molecule has 0 saturated carbocycles. The number of nitrogens with one attached hydrogen (secondary N) is 1. The lowest BCUT2D eigenvalue weighted by Gasteiger charge is -2.08. The summed E-state index contributed by atoms with van der Waals surface area (Å²) in [5.41, 5.74) is 1.28. The highest BCUT2D eigenvalue weighted by molar-refractivity contribution is 5.90. The van der Waals surface area contributed by atoms with E-state index in [0.29, 0.717) is 24.0 Å². The molecule has 140 valence electrons. The Kier molecular flexibility index (Phi) is 5.65. The van der Waals surface area contributed by atoms with E-state index >= 15 is 0 Å². The van der Waals surface area contributed by atoms with E-state index in [1.54, 1.807) is 12.1 Å². The molecular weight excluding hydrogens is 346 g/mol. The summed E-state index contributed by atoms with van der Waals surface area (Å²) in [4.78, 5) is 13.3. The molecule has 2 N–H and O–H groups in total. The average molecular weight is 367 g/mol. The number of benzene rings is 2. The molecule has 0 spiro atoms. The van der Waals surface area contributed by atoms with Crippen LogP contribution in [0.2, 0.25) is 0 Å². The van der Waals surface area contributed by atoms with E-state index in [9.17, 15) is 9.90 Å². The van der Waals surface area contributed by atoms with E-state index in [0.717, 1.165) is 11.3 Å². The van der Waals surface area contributed by atoms with E-state index in [1.807, 2.05) is 24.3 Å².